The molecule has 1 fully saturated rings. The third-order valence-corrected chi connectivity index (χ3v) is 4.68. The van der Waals surface area contributed by atoms with Gasteiger partial charge in [-0.1, -0.05) is 27.7 Å². The molecule has 0 spiro atoms. The first-order chi connectivity index (χ1) is 12.3. The molecule has 26 heavy (non-hydrogen) atoms. The number of hydrogen-bond donors (Lipinski definition) is 2. The van der Waals surface area contributed by atoms with Gasteiger partial charge in [0.2, 0.25) is 0 Å². The van der Waals surface area contributed by atoms with Crippen molar-refractivity contribution in [2.24, 2.45) is 0 Å². The van der Waals surface area contributed by atoms with Crippen LogP contribution in [-0.4, -0.2) is 51.0 Å². The van der Waals surface area contributed by atoms with Crippen LogP contribution >= 0.6 is 0 Å². The van der Waals surface area contributed by atoms with Crippen molar-refractivity contribution in [2.75, 3.05) is 13.1 Å². The lowest BCUT2D eigenvalue weighted by atomic mass is 9.87. The van der Waals surface area contributed by atoms with E-state index >= 15 is 0 Å². The van der Waals surface area contributed by atoms with Crippen LogP contribution < -0.4 is 5.32 Å². The minimum Gasteiger partial charge on any atom is -0.344 e. The highest BCUT2D eigenvalue weighted by Gasteiger charge is 2.34. The number of pyridine rings is 1. The van der Waals surface area contributed by atoms with Crippen LogP contribution in [0.3, 0.4) is 0 Å². The van der Waals surface area contributed by atoms with Crippen molar-refractivity contribution in [3.05, 3.63) is 47.0 Å². The van der Waals surface area contributed by atoms with Crippen LogP contribution in [0.4, 0.5) is 0 Å². The number of carbonyl (C=O) groups is 2. The maximum absolute atomic E-state index is 12.5. The zero-order valence-electron chi connectivity index (χ0n) is 15.7. The minimum atomic E-state index is -0.205. The monoisotopic (exact) mass is 355 g/mol. The van der Waals surface area contributed by atoms with Gasteiger partial charge in [-0.3, -0.25) is 19.7 Å². The van der Waals surface area contributed by atoms with Crippen LogP contribution in [0.25, 0.3) is 0 Å². The highest BCUT2D eigenvalue weighted by molar-refractivity contribution is 5.95. The zero-order chi connectivity index (χ0) is 18.9. The summed E-state index contributed by atoms with van der Waals surface area (Å²) in [5, 5.41) is 9.66. The van der Waals surface area contributed by atoms with E-state index in [1.165, 1.54) is 0 Å². The molecule has 138 valence electrons. The Hall–Kier alpha value is -2.70. The Bertz CT molecular complexity index is 815. The van der Waals surface area contributed by atoms with Crippen molar-refractivity contribution in [2.45, 2.75) is 45.6 Å². The third kappa shape index (κ3) is 3.61. The van der Waals surface area contributed by atoms with Crippen LogP contribution in [-0.2, 0) is 11.8 Å². The Labute approximate surface area is 153 Å². The minimum absolute atomic E-state index is 0.0429. The van der Waals surface area contributed by atoms with Gasteiger partial charge in [0.25, 0.3) is 11.8 Å². The molecule has 1 aliphatic rings. The SMILES string of the molecule is CCc1cn[nH]c1C(=O)N1CC(NC(=O)c2cc(C(C)(C)C)ccn2)C1. The Morgan fingerprint density at radius 2 is 2.08 bits per heavy atom. The van der Waals surface area contributed by atoms with Gasteiger partial charge in [-0.2, -0.15) is 5.10 Å². The number of aromatic nitrogens is 3. The Balaban J connectivity index is 1.57. The second-order valence-corrected chi connectivity index (χ2v) is 7.68. The fourth-order valence-corrected chi connectivity index (χ4v) is 2.94. The number of aryl methyl sites for hydroxylation is 1. The molecule has 7 nitrogen and oxygen atoms in total. The first-order valence-electron chi connectivity index (χ1n) is 8.88. The van der Waals surface area contributed by atoms with E-state index in [0.29, 0.717) is 24.5 Å². The van der Waals surface area contributed by atoms with E-state index < -0.39 is 0 Å². The van der Waals surface area contributed by atoms with Crippen LogP contribution in [0, 0.1) is 0 Å². The second kappa shape index (κ2) is 6.90. The van der Waals surface area contributed by atoms with Crippen molar-refractivity contribution < 1.29 is 9.59 Å². The Morgan fingerprint density at radius 3 is 2.73 bits per heavy atom. The van der Waals surface area contributed by atoms with E-state index in [9.17, 15) is 9.59 Å². The van der Waals surface area contributed by atoms with E-state index in [2.05, 4.69) is 41.3 Å². The maximum Gasteiger partial charge on any atom is 0.272 e. The predicted molar refractivity (Wildman–Crippen MR) is 98.1 cm³/mol. The van der Waals surface area contributed by atoms with Gasteiger partial charge in [-0.25, -0.2) is 0 Å². The first kappa shape index (κ1) is 18.1. The predicted octanol–water partition coefficient (Wildman–Crippen LogP) is 1.92. The molecule has 0 bridgehead atoms. The lowest BCUT2D eigenvalue weighted by Crippen LogP contribution is -2.61. The zero-order valence-corrected chi connectivity index (χ0v) is 15.7. The van der Waals surface area contributed by atoms with E-state index in [1.54, 1.807) is 17.3 Å². The molecule has 0 aromatic carbocycles. The molecule has 1 aliphatic heterocycles. The smallest absolute Gasteiger partial charge is 0.272 e. The van der Waals surface area contributed by atoms with Crippen molar-refractivity contribution in [3.63, 3.8) is 0 Å². The Morgan fingerprint density at radius 1 is 1.35 bits per heavy atom. The van der Waals surface area contributed by atoms with Crippen molar-refractivity contribution in [3.8, 4) is 0 Å². The van der Waals surface area contributed by atoms with Gasteiger partial charge in [0.05, 0.1) is 12.2 Å². The lowest BCUT2D eigenvalue weighted by Gasteiger charge is -2.39. The molecule has 0 atom stereocenters. The van der Waals surface area contributed by atoms with E-state index in [-0.39, 0.29) is 23.3 Å². The molecule has 0 saturated carbocycles. The van der Waals surface area contributed by atoms with Gasteiger partial charge in [0.15, 0.2) is 0 Å². The normalized spacial score (nSPS) is 14.8. The molecule has 2 aromatic rings. The highest BCUT2D eigenvalue weighted by Crippen LogP contribution is 2.22. The van der Waals surface area contributed by atoms with Gasteiger partial charge in [-0.05, 0) is 29.5 Å². The topological polar surface area (TPSA) is 91.0 Å². The van der Waals surface area contributed by atoms with Crippen LogP contribution in [0.2, 0.25) is 0 Å². The summed E-state index contributed by atoms with van der Waals surface area (Å²) in [6.07, 6.45) is 4.10. The molecule has 1 saturated heterocycles. The molecule has 3 heterocycles. The first-order valence-corrected chi connectivity index (χ1v) is 8.88. The third-order valence-electron chi connectivity index (χ3n) is 4.68. The number of hydrogen-bond acceptors (Lipinski definition) is 4. The molecule has 0 radical (unpaired) electrons. The van der Waals surface area contributed by atoms with Gasteiger partial charge < -0.3 is 10.2 Å². The molecular weight excluding hydrogens is 330 g/mol. The van der Waals surface area contributed by atoms with E-state index in [1.807, 2.05) is 19.1 Å². The molecule has 3 rings (SSSR count). The quantitative estimate of drug-likeness (QED) is 0.877. The number of amides is 2. The number of nitrogens with zero attached hydrogens (tertiary/aromatic N) is 3. The van der Waals surface area contributed by atoms with Crippen molar-refractivity contribution in [1.82, 2.24) is 25.4 Å². The fraction of sp³-hybridized carbons (Fsp3) is 0.474. The molecule has 2 N–H and O–H groups in total. The molecular formula is C19H25N5O2. The molecule has 0 aliphatic carbocycles. The number of H-pyrrole nitrogens is 1. The lowest BCUT2D eigenvalue weighted by molar-refractivity contribution is 0.0535. The summed E-state index contributed by atoms with van der Waals surface area (Å²) in [6.45, 7) is 9.26. The van der Waals surface area contributed by atoms with E-state index in [0.717, 1.165) is 17.5 Å². The maximum atomic E-state index is 12.5. The largest absolute Gasteiger partial charge is 0.344 e. The number of rotatable bonds is 4. The molecule has 2 amide bonds. The van der Waals surface area contributed by atoms with Crippen LogP contribution in [0.1, 0.15) is 59.8 Å². The van der Waals surface area contributed by atoms with Crippen LogP contribution in [0.5, 0.6) is 0 Å². The summed E-state index contributed by atoms with van der Waals surface area (Å²) in [5.74, 6) is -0.276. The fourth-order valence-electron chi connectivity index (χ4n) is 2.94. The van der Waals surface area contributed by atoms with E-state index in [4.69, 9.17) is 0 Å². The Kier molecular flexibility index (Phi) is 4.80. The summed E-state index contributed by atoms with van der Waals surface area (Å²) >= 11 is 0. The molecule has 7 heteroatoms. The van der Waals surface area contributed by atoms with Crippen molar-refractivity contribution in [1.29, 1.82) is 0 Å². The highest BCUT2D eigenvalue weighted by atomic mass is 16.2. The standard InChI is InChI=1S/C19H25N5O2/c1-5-12-9-21-23-16(12)18(26)24-10-14(11-24)22-17(25)15-8-13(6-7-20-15)19(2,3)4/h6-9,14H,5,10-11H2,1-4H3,(H,21,23)(H,22,25). The average molecular weight is 355 g/mol. The van der Waals surface area contributed by atoms with Gasteiger partial charge in [0, 0.05) is 24.8 Å². The second-order valence-electron chi connectivity index (χ2n) is 7.68. The number of aromatic amines is 1. The summed E-state index contributed by atoms with van der Waals surface area (Å²) < 4.78 is 0. The summed E-state index contributed by atoms with van der Waals surface area (Å²) in [6, 6.07) is 3.70. The van der Waals surface area contributed by atoms with Gasteiger partial charge in [-0.15, -0.1) is 0 Å². The summed E-state index contributed by atoms with van der Waals surface area (Å²) in [7, 11) is 0. The van der Waals surface area contributed by atoms with Crippen LogP contribution in [0.15, 0.2) is 24.5 Å². The number of likely N-dealkylation sites (tertiary alicyclic amines) is 1. The molecule has 0 unspecified atom stereocenters. The number of nitrogens with one attached hydrogen (secondary N) is 2. The van der Waals surface area contributed by atoms with Gasteiger partial charge in [0.1, 0.15) is 11.4 Å². The number of carbonyl (C=O) groups excluding carboxylic acids is 2. The van der Waals surface area contributed by atoms with Gasteiger partial charge >= 0.3 is 0 Å². The van der Waals surface area contributed by atoms with Crippen molar-refractivity contribution >= 4 is 11.8 Å². The summed E-state index contributed by atoms with van der Waals surface area (Å²) in [4.78, 5) is 30.8. The summed E-state index contributed by atoms with van der Waals surface area (Å²) in [5.41, 5.74) is 2.87. The molecule has 2 aromatic heterocycles. The average Bonchev–Trinajstić information content (AvgIpc) is 3.05.